The molecule has 0 heterocycles. The molecule has 0 spiro atoms. The number of hydrogen-bond donors (Lipinski definition) is 0. The highest BCUT2D eigenvalue weighted by Gasteiger charge is 2.37. The predicted octanol–water partition coefficient (Wildman–Crippen LogP) is 3.19. The molecule has 0 rings (SSSR count). The van der Waals surface area contributed by atoms with Crippen molar-refractivity contribution in [2.24, 2.45) is 0 Å². The van der Waals surface area contributed by atoms with Crippen molar-refractivity contribution in [3.8, 4) is 0 Å². The third-order valence-corrected chi connectivity index (χ3v) is 7.82. The normalized spacial score (nSPS) is 12.6. The Morgan fingerprint density at radius 3 is 1.19 bits per heavy atom. The molecule has 0 aromatic carbocycles. The Morgan fingerprint density at radius 2 is 0.952 bits per heavy atom. The van der Waals surface area contributed by atoms with Crippen molar-refractivity contribution in [2.45, 2.75) is 53.6 Å². The Bertz CT molecular complexity index is 210. The molecule has 0 radical (unpaired) electrons. The van der Waals surface area contributed by atoms with E-state index in [9.17, 15) is 0 Å². The quantitative estimate of drug-likeness (QED) is 0.459. The summed E-state index contributed by atoms with van der Waals surface area (Å²) in [7, 11) is -2.07. The fourth-order valence-electron chi connectivity index (χ4n) is 2.72. The van der Waals surface area contributed by atoms with Crippen LogP contribution in [0.25, 0.3) is 0 Å². The van der Waals surface area contributed by atoms with E-state index < -0.39 is 8.56 Å². The zero-order valence-corrected chi connectivity index (χ0v) is 16.3. The van der Waals surface area contributed by atoms with Crippen molar-refractivity contribution < 1.29 is 8.85 Å². The van der Waals surface area contributed by atoms with Crippen LogP contribution in [0.4, 0.5) is 0 Å². The van der Waals surface area contributed by atoms with Gasteiger partial charge in [-0.2, -0.15) is 0 Å². The van der Waals surface area contributed by atoms with Crippen LogP contribution in [0.1, 0.15) is 41.5 Å². The van der Waals surface area contributed by atoms with Crippen LogP contribution in [0.3, 0.4) is 0 Å². The van der Waals surface area contributed by atoms with Crippen LogP contribution in [-0.2, 0) is 8.85 Å². The van der Waals surface area contributed by atoms with E-state index >= 15 is 0 Å². The molecule has 0 N–H and O–H groups in total. The summed E-state index contributed by atoms with van der Waals surface area (Å²) >= 11 is 0. The summed E-state index contributed by atoms with van der Waals surface area (Å²) in [6.07, 6.45) is 0. The lowest BCUT2D eigenvalue weighted by Crippen LogP contribution is -2.47. The van der Waals surface area contributed by atoms with Gasteiger partial charge >= 0.3 is 8.56 Å². The molecule has 0 aliphatic rings. The lowest BCUT2D eigenvalue weighted by atomic mass is 10.5. The Hall–Kier alpha value is 0.0569. The summed E-state index contributed by atoms with van der Waals surface area (Å²) in [4.78, 5) is 4.94. The molecular formula is C16H38N2O2Si. The molecule has 0 saturated carbocycles. The van der Waals surface area contributed by atoms with Gasteiger partial charge in [0.05, 0.1) is 0 Å². The van der Waals surface area contributed by atoms with Gasteiger partial charge in [-0.25, -0.2) is 0 Å². The Kier molecular flexibility index (Phi) is 12.6. The van der Waals surface area contributed by atoms with Crippen LogP contribution in [-0.4, -0.2) is 70.8 Å². The van der Waals surface area contributed by atoms with E-state index in [4.69, 9.17) is 8.85 Å². The molecule has 5 heteroatoms. The van der Waals surface area contributed by atoms with Gasteiger partial charge in [0.25, 0.3) is 0 Å². The summed E-state index contributed by atoms with van der Waals surface area (Å²) in [6.45, 7) is 21.2. The smallest absolute Gasteiger partial charge is 0.340 e. The summed E-state index contributed by atoms with van der Waals surface area (Å²) < 4.78 is 12.4. The lowest BCUT2D eigenvalue weighted by Gasteiger charge is -2.33. The number of nitrogens with zero attached hydrogens (tertiary/aromatic N) is 2. The van der Waals surface area contributed by atoms with Crippen molar-refractivity contribution in [1.29, 1.82) is 0 Å². The maximum absolute atomic E-state index is 6.21. The maximum atomic E-state index is 6.21. The zero-order chi connectivity index (χ0) is 16.1. The third kappa shape index (κ3) is 8.31. The van der Waals surface area contributed by atoms with E-state index in [1.165, 1.54) is 0 Å². The zero-order valence-electron chi connectivity index (χ0n) is 15.3. The molecule has 128 valence electrons. The molecule has 0 aromatic heterocycles. The fourth-order valence-corrected chi connectivity index (χ4v) is 5.99. The van der Waals surface area contributed by atoms with E-state index in [-0.39, 0.29) is 0 Å². The molecule has 0 fully saturated rings. The maximum Gasteiger partial charge on any atom is 0.340 e. The van der Waals surface area contributed by atoms with Gasteiger partial charge < -0.3 is 18.7 Å². The second-order valence-corrected chi connectivity index (χ2v) is 8.73. The number of rotatable bonds is 14. The molecule has 0 bridgehead atoms. The highest BCUT2D eigenvalue weighted by molar-refractivity contribution is 6.67. The van der Waals surface area contributed by atoms with Crippen LogP contribution >= 0.6 is 0 Å². The average Bonchev–Trinajstić information content (AvgIpc) is 2.50. The van der Waals surface area contributed by atoms with Gasteiger partial charge in [0.2, 0.25) is 0 Å². The van der Waals surface area contributed by atoms with E-state index in [2.05, 4.69) is 51.3 Å². The van der Waals surface area contributed by atoms with Crippen molar-refractivity contribution in [3.63, 3.8) is 0 Å². The minimum Gasteiger partial charge on any atom is -0.394 e. The second kappa shape index (κ2) is 12.6. The van der Waals surface area contributed by atoms with Gasteiger partial charge in [-0.3, -0.25) is 0 Å². The lowest BCUT2D eigenvalue weighted by molar-refractivity contribution is 0.170. The topological polar surface area (TPSA) is 24.9 Å². The summed E-state index contributed by atoms with van der Waals surface area (Å²) in [5.74, 6) is 0. The molecule has 0 amide bonds. The fraction of sp³-hybridized carbons (Fsp3) is 1.00. The summed E-state index contributed by atoms with van der Waals surface area (Å²) in [6, 6.07) is 2.16. The van der Waals surface area contributed by atoms with Gasteiger partial charge in [0.1, 0.15) is 0 Å². The first-order chi connectivity index (χ1) is 10.1. The highest BCUT2D eigenvalue weighted by Crippen LogP contribution is 2.21. The minimum absolute atomic E-state index is 0.767. The molecule has 21 heavy (non-hydrogen) atoms. The standard InChI is InChI=1S/C16H38N2O2Si/c1-7-17(8-2)13-15-21(19-11-5,20-12-6)16-14-18(9-3)10-4/h7-16H2,1-6H3. The van der Waals surface area contributed by atoms with E-state index in [1.807, 2.05) is 0 Å². The molecule has 0 saturated heterocycles. The first-order valence-corrected chi connectivity index (χ1v) is 11.1. The predicted molar refractivity (Wildman–Crippen MR) is 94.2 cm³/mol. The van der Waals surface area contributed by atoms with Crippen LogP contribution < -0.4 is 0 Å². The van der Waals surface area contributed by atoms with E-state index in [1.54, 1.807) is 0 Å². The van der Waals surface area contributed by atoms with Gasteiger partial charge in [-0.15, -0.1) is 0 Å². The molecule has 0 aliphatic heterocycles. The van der Waals surface area contributed by atoms with Gasteiger partial charge in [-0.05, 0) is 40.0 Å². The first kappa shape index (κ1) is 21.1. The highest BCUT2D eigenvalue weighted by atomic mass is 28.4. The first-order valence-electron chi connectivity index (χ1n) is 8.83. The van der Waals surface area contributed by atoms with E-state index in [0.717, 1.165) is 64.6 Å². The third-order valence-electron chi connectivity index (χ3n) is 4.22. The molecule has 0 aliphatic carbocycles. The van der Waals surface area contributed by atoms with Crippen LogP contribution in [0.2, 0.25) is 12.1 Å². The summed E-state index contributed by atoms with van der Waals surface area (Å²) in [5.41, 5.74) is 0. The molecule has 0 aromatic rings. The minimum atomic E-state index is -2.07. The average molecular weight is 319 g/mol. The molecule has 4 nitrogen and oxygen atoms in total. The Morgan fingerprint density at radius 1 is 0.619 bits per heavy atom. The van der Waals surface area contributed by atoms with Gasteiger partial charge in [-0.1, -0.05) is 27.7 Å². The number of hydrogen-bond acceptors (Lipinski definition) is 4. The molecule has 0 atom stereocenters. The molecular weight excluding hydrogens is 280 g/mol. The van der Waals surface area contributed by atoms with Gasteiger partial charge in [0, 0.05) is 38.4 Å². The van der Waals surface area contributed by atoms with Crippen LogP contribution in [0, 0.1) is 0 Å². The van der Waals surface area contributed by atoms with Crippen LogP contribution in [0.15, 0.2) is 0 Å². The van der Waals surface area contributed by atoms with E-state index in [0.29, 0.717) is 0 Å². The SMILES string of the molecule is CCO[Si](CCN(CC)CC)(CCN(CC)CC)OCC. The second-order valence-electron chi connectivity index (χ2n) is 5.33. The largest absolute Gasteiger partial charge is 0.394 e. The van der Waals surface area contributed by atoms with Crippen molar-refractivity contribution in [1.82, 2.24) is 9.80 Å². The van der Waals surface area contributed by atoms with Crippen molar-refractivity contribution >= 4 is 8.56 Å². The van der Waals surface area contributed by atoms with Crippen molar-refractivity contribution in [2.75, 3.05) is 52.5 Å². The Labute approximate surface area is 134 Å². The summed E-state index contributed by atoms with van der Waals surface area (Å²) in [5, 5.41) is 0. The van der Waals surface area contributed by atoms with Gasteiger partial charge in [0.15, 0.2) is 0 Å². The molecule has 0 unspecified atom stereocenters. The monoisotopic (exact) mass is 318 g/mol. The Balaban J connectivity index is 4.71. The van der Waals surface area contributed by atoms with Crippen LogP contribution in [0.5, 0.6) is 0 Å². The van der Waals surface area contributed by atoms with Crippen molar-refractivity contribution in [3.05, 3.63) is 0 Å².